The lowest BCUT2D eigenvalue weighted by Crippen LogP contribution is -2.44. The van der Waals surface area contributed by atoms with E-state index in [0.29, 0.717) is 17.5 Å². The van der Waals surface area contributed by atoms with Crippen LogP contribution in [0.2, 0.25) is 0 Å². The molecule has 23 heavy (non-hydrogen) atoms. The van der Waals surface area contributed by atoms with Gasteiger partial charge in [-0.15, -0.1) is 0 Å². The second-order valence-electron chi connectivity index (χ2n) is 6.30. The normalized spacial score (nSPS) is 18.0. The summed E-state index contributed by atoms with van der Waals surface area (Å²) in [5.74, 6) is 0. The molecule has 5 nitrogen and oxygen atoms in total. The van der Waals surface area contributed by atoms with Crippen molar-refractivity contribution in [1.82, 2.24) is 14.1 Å². The maximum absolute atomic E-state index is 12.6. The third-order valence-electron chi connectivity index (χ3n) is 4.58. The number of hydrogen-bond donors (Lipinski definition) is 0. The quantitative estimate of drug-likeness (QED) is 0.729. The fourth-order valence-corrected chi connectivity index (χ4v) is 4.60. The predicted molar refractivity (Wildman–Crippen MR) is 97.1 cm³/mol. The molecule has 1 heterocycles. The summed E-state index contributed by atoms with van der Waals surface area (Å²) in [6, 6.07) is 7.40. The first-order valence-electron chi connectivity index (χ1n) is 7.91. The number of nitrogens with zero attached hydrogens (tertiary/aromatic N) is 3. The van der Waals surface area contributed by atoms with Crippen LogP contribution < -0.4 is 0 Å². The van der Waals surface area contributed by atoms with Crippen LogP contribution in [0.25, 0.3) is 0 Å². The molecule has 1 aromatic rings. The van der Waals surface area contributed by atoms with E-state index >= 15 is 0 Å². The topological polar surface area (TPSA) is 43.9 Å². The number of sulfonamides is 1. The smallest absolute Gasteiger partial charge is 0.242 e. The molecule has 0 amide bonds. The number of hydrogen-bond acceptors (Lipinski definition) is 4. The van der Waals surface area contributed by atoms with Crippen LogP contribution in [-0.4, -0.2) is 75.9 Å². The minimum Gasteiger partial charge on any atom is -0.306 e. The molecule has 1 aliphatic heterocycles. The Morgan fingerprint density at radius 1 is 1.22 bits per heavy atom. The van der Waals surface area contributed by atoms with Crippen molar-refractivity contribution in [2.45, 2.75) is 23.8 Å². The molecule has 0 unspecified atom stereocenters. The van der Waals surface area contributed by atoms with Crippen LogP contribution >= 0.6 is 15.9 Å². The van der Waals surface area contributed by atoms with Crippen LogP contribution in [0.4, 0.5) is 0 Å². The Morgan fingerprint density at radius 3 is 2.48 bits per heavy atom. The monoisotopic (exact) mass is 403 g/mol. The van der Waals surface area contributed by atoms with Crippen LogP contribution in [0, 0.1) is 0 Å². The van der Waals surface area contributed by atoms with Crippen molar-refractivity contribution in [2.75, 3.05) is 47.3 Å². The number of benzene rings is 1. The summed E-state index contributed by atoms with van der Waals surface area (Å²) < 4.78 is 27.4. The molecule has 7 heteroatoms. The SMILES string of the molecule is CN1CCC(N(C)CCN(C)S(=O)(=O)c2cccc(Br)c2)CC1. The van der Waals surface area contributed by atoms with E-state index in [1.54, 1.807) is 25.2 Å². The van der Waals surface area contributed by atoms with Crippen molar-refractivity contribution in [3.63, 3.8) is 0 Å². The Bertz CT molecular complexity index is 616. The van der Waals surface area contributed by atoms with Crippen LogP contribution in [0.3, 0.4) is 0 Å². The summed E-state index contributed by atoms with van der Waals surface area (Å²) in [4.78, 5) is 4.96. The Labute approximate surface area is 148 Å². The average Bonchev–Trinajstić information content (AvgIpc) is 2.52. The predicted octanol–water partition coefficient (Wildman–Crippen LogP) is 2.10. The van der Waals surface area contributed by atoms with Gasteiger partial charge in [0.1, 0.15) is 0 Å². The average molecular weight is 404 g/mol. The molecule has 1 saturated heterocycles. The molecule has 2 rings (SSSR count). The van der Waals surface area contributed by atoms with Gasteiger partial charge in [0.25, 0.3) is 0 Å². The molecule has 130 valence electrons. The van der Waals surface area contributed by atoms with E-state index < -0.39 is 10.0 Å². The van der Waals surface area contributed by atoms with Gasteiger partial charge in [-0.25, -0.2) is 8.42 Å². The number of piperidine rings is 1. The van der Waals surface area contributed by atoms with E-state index in [9.17, 15) is 8.42 Å². The molecule has 0 saturated carbocycles. The fourth-order valence-electron chi connectivity index (χ4n) is 2.84. The Kier molecular flexibility index (Phi) is 6.62. The van der Waals surface area contributed by atoms with Crippen molar-refractivity contribution in [1.29, 1.82) is 0 Å². The second-order valence-corrected chi connectivity index (χ2v) is 9.26. The van der Waals surface area contributed by atoms with Gasteiger partial charge in [-0.05, 0) is 58.2 Å². The van der Waals surface area contributed by atoms with Gasteiger partial charge >= 0.3 is 0 Å². The lowest BCUT2D eigenvalue weighted by atomic mass is 10.0. The minimum atomic E-state index is -3.43. The molecular weight excluding hydrogens is 378 g/mol. The zero-order chi connectivity index (χ0) is 17.0. The van der Waals surface area contributed by atoms with Crippen molar-refractivity contribution >= 4 is 26.0 Å². The Balaban J connectivity index is 1.92. The zero-order valence-electron chi connectivity index (χ0n) is 14.1. The summed E-state index contributed by atoms with van der Waals surface area (Å²) >= 11 is 3.33. The van der Waals surface area contributed by atoms with Gasteiger partial charge in [0.15, 0.2) is 0 Å². The first-order valence-corrected chi connectivity index (χ1v) is 10.1. The van der Waals surface area contributed by atoms with E-state index in [1.807, 2.05) is 6.07 Å². The molecule has 0 aromatic heterocycles. The molecule has 0 aliphatic carbocycles. The van der Waals surface area contributed by atoms with Crippen LogP contribution in [0.5, 0.6) is 0 Å². The summed E-state index contributed by atoms with van der Waals surface area (Å²) in [6.45, 7) is 3.47. The molecule has 0 N–H and O–H groups in total. The zero-order valence-corrected chi connectivity index (χ0v) is 16.5. The van der Waals surface area contributed by atoms with Gasteiger partial charge < -0.3 is 9.80 Å². The summed E-state index contributed by atoms with van der Waals surface area (Å²) in [5.41, 5.74) is 0. The van der Waals surface area contributed by atoms with E-state index in [2.05, 4.69) is 39.8 Å². The van der Waals surface area contributed by atoms with Crippen LogP contribution in [-0.2, 0) is 10.0 Å². The number of likely N-dealkylation sites (N-methyl/N-ethyl adjacent to an activating group) is 2. The standard InChI is InChI=1S/C16H26BrN3O2S/c1-18-9-7-15(8-10-18)19(2)11-12-20(3)23(21,22)16-6-4-5-14(17)13-16/h4-6,13,15H,7-12H2,1-3H3. The first kappa shape index (κ1) is 18.9. The van der Waals surface area contributed by atoms with Crippen LogP contribution in [0.1, 0.15) is 12.8 Å². The van der Waals surface area contributed by atoms with Gasteiger partial charge in [0.05, 0.1) is 4.90 Å². The molecule has 1 aliphatic rings. The van der Waals surface area contributed by atoms with E-state index in [1.165, 1.54) is 4.31 Å². The lowest BCUT2D eigenvalue weighted by Gasteiger charge is -2.35. The summed E-state index contributed by atoms with van der Waals surface area (Å²) in [5, 5.41) is 0. The molecule has 0 spiro atoms. The molecule has 1 aromatic carbocycles. The van der Waals surface area contributed by atoms with Gasteiger partial charge in [0, 0.05) is 30.7 Å². The summed E-state index contributed by atoms with van der Waals surface area (Å²) in [6.07, 6.45) is 2.30. The minimum absolute atomic E-state index is 0.330. The maximum atomic E-state index is 12.6. The third-order valence-corrected chi connectivity index (χ3v) is 6.93. The van der Waals surface area contributed by atoms with Crippen molar-refractivity contribution < 1.29 is 8.42 Å². The Morgan fingerprint density at radius 2 is 1.87 bits per heavy atom. The van der Waals surface area contributed by atoms with Crippen LogP contribution in [0.15, 0.2) is 33.6 Å². The molecule has 0 radical (unpaired) electrons. The largest absolute Gasteiger partial charge is 0.306 e. The highest BCUT2D eigenvalue weighted by Crippen LogP contribution is 2.19. The number of likely N-dealkylation sites (tertiary alicyclic amines) is 1. The highest BCUT2D eigenvalue weighted by molar-refractivity contribution is 9.10. The first-order chi connectivity index (χ1) is 10.8. The Hall–Kier alpha value is -0.470. The maximum Gasteiger partial charge on any atom is 0.242 e. The van der Waals surface area contributed by atoms with Crippen molar-refractivity contribution in [3.8, 4) is 0 Å². The summed E-state index contributed by atoms with van der Waals surface area (Å²) in [7, 11) is 2.46. The number of rotatable bonds is 6. The fraction of sp³-hybridized carbons (Fsp3) is 0.625. The molecular formula is C16H26BrN3O2S. The van der Waals surface area contributed by atoms with E-state index in [4.69, 9.17) is 0 Å². The highest BCUT2D eigenvalue weighted by Gasteiger charge is 2.24. The molecule has 0 bridgehead atoms. The van der Waals surface area contributed by atoms with E-state index in [-0.39, 0.29) is 0 Å². The highest BCUT2D eigenvalue weighted by atomic mass is 79.9. The van der Waals surface area contributed by atoms with Gasteiger partial charge in [-0.2, -0.15) is 4.31 Å². The lowest BCUT2D eigenvalue weighted by molar-refractivity contribution is 0.141. The van der Waals surface area contributed by atoms with Crippen molar-refractivity contribution in [3.05, 3.63) is 28.7 Å². The molecule has 0 atom stereocenters. The number of halogens is 1. The molecule has 1 fully saturated rings. The van der Waals surface area contributed by atoms with Crippen molar-refractivity contribution in [2.24, 2.45) is 0 Å². The third kappa shape index (κ3) is 5.00. The van der Waals surface area contributed by atoms with Gasteiger partial charge in [-0.3, -0.25) is 0 Å². The second kappa shape index (κ2) is 8.07. The van der Waals surface area contributed by atoms with Gasteiger partial charge in [0.2, 0.25) is 10.0 Å². The van der Waals surface area contributed by atoms with Gasteiger partial charge in [-0.1, -0.05) is 22.0 Å². The van der Waals surface area contributed by atoms with E-state index in [0.717, 1.165) is 36.9 Å².